The number of esters is 1. The summed E-state index contributed by atoms with van der Waals surface area (Å²) >= 11 is 1.23. The van der Waals surface area contributed by atoms with Gasteiger partial charge in [-0.1, -0.05) is 11.8 Å². The van der Waals surface area contributed by atoms with E-state index in [0.29, 0.717) is 29.8 Å². The molecule has 6 nitrogen and oxygen atoms in total. The third-order valence-corrected chi connectivity index (χ3v) is 2.99. The van der Waals surface area contributed by atoms with E-state index in [1.54, 1.807) is 0 Å². The second kappa shape index (κ2) is 3.93. The van der Waals surface area contributed by atoms with E-state index in [0.717, 1.165) is 0 Å². The third kappa shape index (κ3) is 2.30. The summed E-state index contributed by atoms with van der Waals surface area (Å²) in [5, 5.41) is 0.169. The molecule has 1 aromatic rings. The average Bonchev–Trinajstić information content (AvgIpc) is 2.50. The number of thioether (sulfide) groups is 1. The smallest absolute Gasteiger partial charge is 0.319 e. The maximum atomic E-state index is 11.2. The first-order valence-corrected chi connectivity index (χ1v) is 5.26. The van der Waals surface area contributed by atoms with Gasteiger partial charge in [-0.05, 0) is 0 Å². The summed E-state index contributed by atoms with van der Waals surface area (Å²) in [4.78, 5) is 19.1. The number of rotatable bonds is 2. The topological polar surface area (TPSA) is 104 Å². The first-order chi connectivity index (χ1) is 7.15. The molecule has 1 aliphatic rings. The number of carbonyl (C=O) groups is 1. The Hall–Kier alpha value is -1.50. The average molecular weight is 226 g/mol. The highest BCUT2D eigenvalue weighted by atomic mass is 32.2. The van der Waals surface area contributed by atoms with E-state index < -0.39 is 0 Å². The summed E-state index contributed by atoms with van der Waals surface area (Å²) in [5.41, 5.74) is 11.0. The molecule has 0 radical (unpaired) electrons. The van der Waals surface area contributed by atoms with Gasteiger partial charge in [0.15, 0.2) is 5.16 Å². The Balaban J connectivity index is 2.13. The van der Waals surface area contributed by atoms with Crippen LogP contribution in [-0.4, -0.2) is 27.8 Å². The molecule has 15 heavy (non-hydrogen) atoms. The van der Waals surface area contributed by atoms with Crippen LogP contribution in [0.25, 0.3) is 0 Å². The normalized spacial score (nSPS) is 20.3. The standard InChI is InChI=1S/C8H10N4O2S/c9-5-3-6(10)12-8(11-5)15-4-1-2-14-7(4)13/h3-4H,1-2H2,(H4,9,10,11,12). The van der Waals surface area contributed by atoms with Gasteiger partial charge in [-0.15, -0.1) is 0 Å². The van der Waals surface area contributed by atoms with Gasteiger partial charge in [0, 0.05) is 12.5 Å². The zero-order valence-corrected chi connectivity index (χ0v) is 8.66. The lowest BCUT2D eigenvalue weighted by molar-refractivity contribution is -0.137. The number of cyclic esters (lactones) is 1. The van der Waals surface area contributed by atoms with Crippen molar-refractivity contribution in [1.82, 2.24) is 9.97 Å². The molecular formula is C8H10N4O2S. The molecule has 1 aliphatic heterocycles. The van der Waals surface area contributed by atoms with Gasteiger partial charge < -0.3 is 16.2 Å². The summed E-state index contributed by atoms with van der Waals surface area (Å²) in [6.45, 7) is 0.453. The summed E-state index contributed by atoms with van der Waals surface area (Å²) in [5.74, 6) is 0.373. The van der Waals surface area contributed by atoms with E-state index in [1.807, 2.05) is 0 Å². The van der Waals surface area contributed by atoms with Crippen LogP contribution in [0.1, 0.15) is 6.42 Å². The second-order valence-electron chi connectivity index (χ2n) is 3.06. The van der Waals surface area contributed by atoms with Crippen LogP contribution < -0.4 is 11.5 Å². The van der Waals surface area contributed by atoms with Crippen molar-refractivity contribution in [1.29, 1.82) is 0 Å². The molecular weight excluding hydrogens is 216 g/mol. The number of aromatic nitrogens is 2. The summed E-state index contributed by atoms with van der Waals surface area (Å²) < 4.78 is 4.82. The van der Waals surface area contributed by atoms with Crippen molar-refractivity contribution >= 4 is 29.4 Å². The number of hydrogen-bond donors (Lipinski definition) is 2. The van der Waals surface area contributed by atoms with Crippen molar-refractivity contribution in [3.8, 4) is 0 Å². The lowest BCUT2D eigenvalue weighted by atomic mass is 10.4. The van der Waals surface area contributed by atoms with Crippen LogP contribution in [0.15, 0.2) is 11.2 Å². The maximum absolute atomic E-state index is 11.2. The lowest BCUT2D eigenvalue weighted by Gasteiger charge is -2.04. The molecule has 0 amide bonds. The summed E-state index contributed by atoms with van der Waals surface area (Å²) in [7, 11) is 0. The molecule has 1 fully saturated rings. The van der Waals surface area contributed by atoms with Crippen LogP contribution >= 0.6 is 11.8 Å². The number of ether oxygens (including phenoxy) is 1. The van der Waals surface area contributed by atoms with Crippen molar-refractivity contribution in [2.75, 3.05) is 18.1 Å². The van der Waals surface area contributed by atoms with Gasteiger partial charge in [0.25, 0.3) is 0 Å². The lowest BCUT2D eigenvalue weighted by Crippen LogP contribution is -2.11. The molecule has 1 aromatic heterocycles. The minimum atomic E-state index is -0.244. The SMILES string of the molecule is Nc1cc(N)nc(SC2CCOC2=O)n1. The molecule has 0 saturated carbocycles. The van der Waals surface area contributed by atoms with Crippen LogP contribution in [0.4, 0.5) is 11.6 Å². The van der Waals surface area contributed by atoms with Crippen molar-refractivity contribution in [2.45, 2.75) is 16.8 Å². The molecule has 4 N–H and O–H groups in total. The van der Waals surface area contributed by atoms with Crippen LogP contribution in [0.2, 0.25) is 0 Å². The quantitative estimate of drug-likeness (QED) is 0.542. The minimum absolute atomic E-state index is 0.232. The molecule has 1 saturated heterocycles. The molecule has 0 bridgehead atoms. The Morgan fingerprint density at radius 3 is 2.60 bits per heavy atom. The van der Waals surface area contributed by atoms with Gasteiger partial charge in [0.1, 0.15) is 16.9 Å². The number of hydrogen-bond acceptors (Lipinski definition) is 7. The Morgan fingerprint density at radius 2 is 2.07 bits per heavy atom. The van der Waals surface area contributed by atoms with Crippen LogP contribution in [0, 0.1) is 0 Å². The fraction of sp³-hybridized carbons (Fsp3) is 0.375. The number of carbonyl (C=O) groups excluding carboxylic acids is 1. The molecule has 2 heterocycles. The third-order valence-electron chi connectivity index (χ3n) is 1.88. The first-order valence-electron chi connectivity index (χ1n) is 4.38. The number of nitrogens with zero attached hydrogens (tertiary/aromatic N) is 2. The minimum Gasteiger partial charge on any atom is -0.465 e. The molecule has 0 aromatic carbocycles. The monoisotopic (exact) mass is 226 g/mol. The second-order valence-corrected chi connectivity index (χ2v) is 4.23. The summed E-state index contributed by atoms with van der Waals surface area (Å²) in [6, 6.07) is 1.47. The number of nitrogens with two attached hydrogens (primary N) is 2. The van der Waals surface area contributed by atoms with Crippen LogP contribution in [-0.2, 0) is 9.53 Å². The fourth-order valence-corrected chi connectivity index (χ4v) is 2.18. The van der Waals surface area contributed by atoms with Crippen molar-refractivity contribution in [3.05, 3.63) is 6.07 Å². The van der Waals surface area contributed by atoms with Crippen molar-refractivity contribution in [3.63, 3.8) is 0 Å². The molecule has 2 rings (SSSR count). The van der Waals surface area contributed by atoms with Gasteiger partial charge in [0.05, 0.1) is 6.61 Å². The predicted octanol–water partition coefficient (Wildman–Crippen LogP) is 0.0486. The fourth-order valence-electron chi connectivity index (χ4n) is 1.23. The van der Waals surface area contributed by atoms with Gasteiger partial charge in [-0.2, -0.15) is 0 Å². The van der Waals surface area contributed by atoms with E-state index in [-0.39, 0.29) is 11.2 Å². The van der Waals surface area contributed by atoms with Crippen molar-refractivity contribution in [2.24, 2.45) is 0 Å². The zero-order valence-electron chi connectivity index (χ0n) is 7.84. The number of nitrogen functional groups attached to an aromatic ring is 2. The van der Waals surface area contributed by atoms with Gasteiger partial charge in [0.2, 0.25) is 0 Å². The Morgan fingerprint density at radius 1 is 1.40 bits per heavy atom. The van der Waals surface area contributed by atoms with E-state index in [2.05, 4.69) is 9.97 Å². The molecule has 1 unspecified atom stereocenters. The van der Waals surface area contributed by atoms with E-state index in [1.165, 1.54) is 17.8 Å². The Kier molecular flexibility index (Phi) is 2.63. The summed E-state index contributed by atoms with van der Waals surface area (Å²) in [6.07, 6.45) is 0.668. The highest BCUT2D eigenvalue weighted by Crippen LogP contribution is 2.27. The Bertz CT molecular complexity index is 378. The maximum Gasteiger partial charge on any atom is 0.319 e. The van der Waals surface area contributed by atoms with Gasteiger partial charge in [-0.3, -0.25) is 4.79 Å². The Labute approximate surface area is 90.4 Å². The highest BCUT2D eigenvalue weighted by molar-refractivity contribution is 8.00. The number of anilines is 2. The van der Waals surface area contributed by atoms with E-state index in [4.69, 9.17) is 16.2 Å². The van der Waals surface area contributed by atoms with E-state index >= 15 is 0 Å². The largest absolute Gasteiger partial charge is 0.465 e. The van der Waals surface area contributed by atoms with E-state index in [9.17, 15) is 4.79 Å². The molecule has 0 aliphatic carbocycles. The molecule has 7 heteroatoms. The van der Waals surface area contributed by atoms with Crippen LogP contribution in [0.5, 0.6) is 0 Å². The zero-order chi connectivity index (χ0) is 10.8. The molecule has 0 spiro atoms. The van der Waals surface area contributed by atoms with Crippen molar-refractivity contribution < 1.29 is 9.53 Å². The highest BCUT2D eigenvalue weighted by Gasteiger charge is 2.28. The first kappa shape index (κ1) is 10.0. The molecule has 1 atom stereocenters. The van der Waals surface area contributed by atoms with Gasteiger partial charge in [-0.25, -0.2) is 9.97 Å². The van der Waals surface area contributed by atoms with Gasteiger partial charge >= 0.3 is 5.97 Å². The molecule has 80 valence electrons. The predicted molar refractivity (Wildman–Crippen MR) is 56.1 cm³/mol. The van der Waals surface area contributed by atoms with Crippen LogP contribution in [0.3, 0.4) is 0 Å².